The summed E-state index contributed by atoms with van der Waals surface area (Å²) in [6.07, 6.45) is 0.367. The van der Waals surface area contributed by atoms with Crippen LogP contribution in [-0.2, 0) is 25.7 Å². The molecule has 9 nitrogen and oxygen atoms in total. The third kappa shape index (κ3) is 14.7. The van der Waals surface area contributed by atoms with Crippen LogP contribution in [-0.4, -0.2) is 7.11 Å². The Hall–Kier alpha value is -9.63. The van der Waals surface area contributed by atoms with Gasteiger partial charge in [0, 0.05) is 30.7 Å². The van der Waals surface area contributed by atoms with Crippen molar-refractivity contribution in [1.29, 1.82) is 21.0 Å². The van der Waals surface area contributed by atoms with Crippen molar-refractivity contribution in [2.24, 2.45) is 0 Å². The zero-order chi connectivity index (χ0) is 62.1. The van der Waals surface area contributed by atoms with E-state index in [0.29, 0.717) is 21.9 Å². The number of hydrogen-bond donors (Lipinski definition) is 0. The number of methoxy groups -OCH3 is 1. The molecule has 0 saturated heterocycles. The first-order valence-electron chi connectivity index (χ1n) is 23.5. The summed E-state index contributed by atoms with van der Waals surface area (Å²) in [5, 5.41) is 35.2. The molecule has 0 aliphatic carbocycles. The van der Waals surface area contributed by atoms with Crippen LogP contribution in [0, 0.1) is 125 Å². The minimum atomic E-state index is -1.18. The van der Waals surface area contributed by atoms with Crippen LogP contribution in [0.5, 0.6) is 5.75 Å². The molecule has 0 fully saturated rings. The highest BCUT2D eigenvalue weighted by Gasteiger charge is 2.28. The summed E-state index contributed by atoms with van der Waals surface area (Å²) < 4.78 is 117. The van der Waals surface area contributed by atoms with Crippen molar-refractivity contribution >= 4 is 80.8 Å². The Bertz CT molecular complexity index is 4070. The average molecular weight is 1230 g/mol. The molecular formula is C62H31Cl5F8N8O. The van der Waals surface area contributed by atoms with Gasteiger partial charge in [0.2, 0.25) is 0 Å². The van der Waals surface area contributed by atoms with Crippen LogP contribution >= 0.6 is 58.0 Å². The predicted octanol–water partition coefficient (Wildman–Crippen LogP) is 19.5. The lowest BCUT2D eigenvalue weighted by Gasteiger charge is -2.11. The maximum Gasteiger partial charge on any atom is 0.259 e. The molecule has 0 heterocycles. The van der Waals surface area contributed by atoms with E-state index in [1.165, 1.54) is 7.11 Å². The van der Waals surface area contributed by atoms with Crippen molar-refractivity contribution in [3.63, 3.8) is 0 Å². The topological polar surface area (TPSA) is 122 Å². The molecule has 0 radical (unpaired) electrons. The fourth-order valence-electron chi connectivity index (χ4n) is 7.76. The number of aryl methyl sites for hydroxylation is 1. The number of hydrogen-bond acceptors (Lipinski definition) is 5. The van der Waals surface area contributed by atoms with Crippen LogP contribution < -0.4 is 4.74 Å². The standard InChI is InChI=1S/C16H9ClF2N2O.C16H9ClF2N2.C15H6Cl2F2N2.C15H7ClF2N2/c1-21-16-14(18)12(8-20)11(13(17)15(16)19)7-9-3-5-10(22-2)6-4-9;1-9-3-5-10(6-4-9)7-11-12(8-20)14(18)16(21-2)15(19)13(11)17;1-21-15-13(18)11(7-20)10(12(17)14(15)19)6-8-2-4-9(16)5-3-8;1-20-15-13(17)11(8-19)10(12(16)14(15)18)7-9-5-3-2-4-6-9/h3-6H,7H2,2H3;3-6H,7H2,1H3;2-5H,6H2;2-6H,7H2. The van der Waals surface area contributed by atoms with Crippen LogP contribution in [0.1, 0.15) is 72.3 Å². The third-order valence-corrected chi connectivity index (χ3v) is 13.9. The number of halogens is 13. The molecule has 84 heavy (non-hydrogen) atoms. The van der Waals surface area contributed by atoms with Crippen LogP contribution in [0.25, 0.3) is 19.4 Å². The fraction of sp³-hybridized carbons (Fsp3) is 0.0968. The van der Waals surface area contributed by atoms with Gasteiger partial charge in [0.15, 0.2) is 46.5 Å². The number of rotatable bonds is 9. The minimum Gasteiger partial charge on any atom is -0.497 e. The van der Waals surface area contributed by atoms with Crippen molar-refractivity contribution in [3.05, 3.63) is 293 Å². The van der Waals surface area contributed by atoms with Gasteiger partial charge in [-0.25, -0.2) is 54.5 Å². The molecule has 22 heteroatoms. The zero-order valence-corrected chi connectivity index (χ0v) is 46.8. The van der Waals surface area contributed by atoms with E-state index in [9.17, 15) is 35.1 Å². The summed E-state index contributed by atoms with van der Waals surface area (Å²) >= 11 is 29.2. The van der Waals surface area contributed by atoms with E-state index >= 15 is 0 Å². The third-order valence-electron chi connectivity index (χ3n) is 12.0. The molecule has 0 N–H and O–H groups in total. The highest BCUT2D eigenvalue weighted by Crippen LogP contribution is 2.40. The molecule has 0 aliphatic heterocycles. The second-order valence-electron chi connectivity index (χ2n) is 17.1. The van der Waals surface area contributed by atoms with Crippen molar-refractivity contribution in [2.75, 3.05) is 7.11 Å². The molecule has 0 saturated carbocycles. The first-order valence-corrected chi connectivity index (χ1v) is 25.3. The molecule has 0 aliphatic rings. The van der Waals surface area contributed by atoms with E-state index in [-0.39, 0.29) is 69.1 Å². The maximum atomic E-state index is 14.0. The molecule has 8 aromatic carbocycles. The normalized spacial score (nSPS) is 9.94. The van der Waals surface area contributed by atoms with Crippen molar-refractivity contribution in [3.8, 4) is 30.0 Å². The number of nitriles is 4. The SMILES string of the molecule is [C-]#[N+]c1c(F)c(Cl)c(Cc2ccc(C)cc2)c(C#N)c1F.[C-]#[N+]c1c(F)c(Cl)c(Cc2ccc(Cl)cc2)c(C#N)c1F.[C-]#[N+]c1c(F)c(Cl)c(Cc2ccc(OC)cc2)c(C#N)c1F.[C-]#[N+]c1c(F)c(Cl)c(Cc2ccccc2)c(C#N)c1F. The van der Waals surface area contributed by atoms with Gasteiger partial charge < -0.3 is 4.74 Å². The Balaban J connectivity index is 0.000000205. The van der Waals surface area contributed by atoms with Crippen LogP contribution in [0.15, 0.2) is 103 Å². The van der Waals surface area contributed by atoms with Gasteiger partial charge in [0.05, 0.1) is 75.7 Å². The monoisotopic (exact) mass is 1230 g/mol. The van der Waals surface area contributed by atoms with Crippen LogP contribution in [0.3, 0.4) is 0 Å². The number of ether oxygens (including phenoxy) is 1. The maximum absolute atomic E-state index is 14.0. The van der Waals surface area contributed by atoms with E-state index in [0.717, 1.165) is 16.7 Å². The molecule has 0 unspecified atom stereocenters. The van der Waals surface area contributed by atoms with Gasteiger partial charge in [-0.1, -0.05) is 142 Å². The van der Waals surface area contributed by atoms with Crippen molar-refractivity contribution in [2.45, 2.75) is 32.6 Å². The van der Waals surface area contributed by atoms with Gasteiger partial charge in [0.25, 0.3) is 22.7 Å². The number of benzene rings is 8. The van der Waals surface area contributed by atoms with E-state index in [1.54, 1.807) is 115 Å². The summed E-state index contributed by atoms with van der Waals surface area (Å²) in [6, 6.07) is 36.2. The van der Waals surface area contributed by atoms with E-state index in [2.05, 4.69) is 19.4 Å². The summed E-state index contributed by atoms with van der Waals surface area (Å²) in [6.45, 7) is 29.0. The van der Waals surface area contributed by atoms with E-state index < -0.39 is 90.5 Å². The van der Waals surface area contributed by atoms with Crippen molar-refractivity contribution < 1.29 is 39.9 Å². The van der Waals surface area contributed by atoms with Crippen LogP contribution in [0.4, 0.5) is 57.9 Å². The lowest BCUT2D eigenvalue weighted by molar-refractivity contribution is 0.414. The summed E-state index contributed by atoms with van der Waals surface area (Å²) in [5.41, 5.74) is -0.868. The Morgan fingerprint density at radius 3 is 0.881 bits per heavy atom. The number of nitrogens with zero attached hydrogens (tertiary/aromatic N) is 8. The van der Waals surface area contributed by atoms with Crippen LogP contribution in [0.2, 0.25) is 25.1 Å². The molecular weight excluding hydrogens is 1200 g/mol. The summed E-state index contributed by atoms with van der Waals surface area (Å²) in [4.78, 5) is 11.0. The molecule has 0 atom stereocenters. The second kappa shape index (κ2) is 29.9. The quantitative estimate of drug-likeness (QED) is 0.0809. The van der Waals surface area contributed by atoms with Gasteiger partial charge in [-0.3, -0.25) is 0 Å². The first kappa shape index (κ1) is 65.2. The Morgan fingerprint density at radius 2 is 0.631 bits per heavy atom. The smallest absolute Gasteiger partial charge is 0.259 e. The highest BCUT2D eigenvalue weighted by molar-refractivity contribution is 6.33. The summed E-state index contributed by atoms with van der Waals surface area (Å²) in [7, 11) is 1.52. The highest BCUT2D eigenvalue weighted by atomic mass is 35.5. The molecule has 8 aromatic rings. The molecule has 0 spiro atoms. The fourth-order valence-corrected chi connectivity index (χ4v) is 8.89. The molecule has 416 valence electrons. The van der Waals surface area contributed by atoms with Gasteiger partial charge in [-0.05, 0) is 75.7 Å². The Kier molecular flexibility index (Phi) is 23.2. The van der Waals surface area contributed by atoms with E-state index in [4.69, 9.17) is 110 Å². The Morgan fingerprint density at radius 1 is 0.381 bits per heavy atom. The van der Waals surface area contributed by atoms with Gasteiger partial charge in [-0.2, -0.15) is 21.0 Å². The molecule has 0 bridgehead atoms. The van der Waals surface area contributed by atoms with Gasteiger partial charge >= 0.3 is 0 Å². The molecule has 8 rings (SSSR count). The predicted molar refractivity (Wildman–Crippen MR) is 303 cm³/mol. The molecule has 0 amide bonds. The molecule has 0 aromatic heterocycles. The zero-order valence-electron chi connectivity index (χ0n) is 43.0. The van der Waals surface area contributed by atoms with E-state index in [1.807, 2.05) is 19.1 Å². The minimum absolute atomic E-state index is 0.0175. The summed E-state index contributed by atoms with van der Waals surface area (Å²) in [5.74, 6) is -8.57. The Labute approximate surface area is 501 Å². The largest absolute Gasteiger partial charge is 0.497 e. The van der Waals surface area contributed by atoms with Gasteiger partial charge in [0.1, 0.15) is 30.0 Å². The average Bonchev–Trinajstić information content (AvgIpc) is 3.30. The first-order chi connectivity index (χ1) is 40.1. The van der Waals surface area contributed by atoms with Crippen molar-refractivity contribution in [1.82, 2.24) is 0 Å². The second-order valence-corrected chi connectivity index (χ2v) is 19.1. The van der Waals surface area contributed by atoms with Gasteiger partial charge in [-0.15, -0.1) is 0 Å². The lowest BCUT2D eigenvalue weighted by Crippen LogP contribution is -2.01. The lowest BCUT2D eigenvalue weighted by atomic mass is 9.98.